The van der Waals surface area contributed by atoms with Crippen molar-refractivity contribution in [3.8, 4) is 0 Å². The summed E-state index contributed by atoms with van der Waals surface area (Å²) in [6.45, 7) is 3.61. The van der Waals surface area contributed by atoms with E-state index in [-0.39, 0.29) is 11.3 Å². The molecule has 2 rings (SSSR count). The van der Waals surface area contributed by atoms with Gasteiger partial charge < -0.3 is 10.4 Å². The van der Waals surface area contributed by atoms with Crippen molar-refractivity contribution in [2.24, 2.45) is 5.92 Å². The van der Waals surface area contributed by atoms with Crippen molar-refractivity contribution in [3.05, 3.63) is 39.4 Å². The highest BCUT2D eigenvalue weighted by Gasteiger charge is 2.42. The van der Waals surface area contributed by atoms with E-state index in [1.54, 1.807) is 6.92 Å². The summed E-state index contributed by atoms with van der Waals surface area (Å²) in [6, 6.07) is 4.02. The second-order valence-electron chi connectivity index (χ2n) is 6.28. The van der Waals surface area contributed by atoms with E-state index in [2.05, 4.69) is 12.2 Å². The number of hydrogen-bond donors (Lipinski definition) is 2. The largest absolute Gasteiger partial charge is 0.480 e. The molecule has 0 radical (unpaired) electrons. The minimum Gasteiger partial charge on any atom is -0.480 e. The molecule has 7 heteroatoms. The Labute approximate surface area is 133 Å². The number of nitrogens with one attached hydrogen (secondary N) is 1. The van der Waals surface area contributed by atoms with Gasteiger partial charge in [0.1, 0.15) is 5.54 Å². The van der Waals surface area contributed by atoms with E-state index in [9.17, 15) is 24.8 Å². The van der Waals surface area contributed by atoms with Crippen LogP contribution >= 0.6 is 0 Å². The summed E-state index contributed by atoms with van der Waals surface area (Å²) in [6.07, 6.45) is 2.26. The molecule has 1 aliphatic carbocycles. The molecule has 0 saturated heterocycles. The Morgan fingerprint density at radius 2 is 1.96 bits per heavy atom. The molecule has 0 heterocycles. The average molecular weight is 320 g/mol. The Balaban J connectivity index is 2.21. The Bertz CT molecular complexity index is 648. The van der Waals surface area contributed by atoms with E-state index in [1.165, 1.54) is 18.2 Å². The van der Waals surface area contributed by atoms with Crippen LogP contribution in [-0.2, 0) is 4.79 Å². The van der Waals surface area contributed by atoms with Gasteiger partial charge in [-0.05, 0) is 50.7 Å². The maximum absolute atomic E-state index is 12.4. The van der Waals surface area contributed by atoms with Gasteiger partial charge in [-0.25, -0.2) is 4.79 Å². The highest BCUT2D eigenvalue weighted by molar-refractivity contribution is 5.98. The Hall–Kier alpha value is -2.44. The number of nitrogens with zero attached hydrogens (tertiary/aromatic N) is 1. The average Bonchev–Trinajstić information content (AvgIpc) is 2.49. The van der Waals surface area contributed by atoms with E-state index in [0.29, 0.717) is 24.3 Å². The zero-order valence-corrected chi connectivity index (χ0v) is 13.2. The first-order valence-electron chi connectivity index (χ1n) is 7.56. The van der Waals surface area contributed by atoms with Gasteiger partial charge in [0.2, 0.25) is 0 Å². The van der Waals surface area contributed by atoms with Gasteiger partial charge in [0.05, 0.1) is 4.92 Å². The number of carbonyl (C=O) groups is 2. The summed E-state index contributed by atoms with van der Waals surface area (Å²) in [5.41, 5.74) is -0.725. The summed E-state index contributed by atoms with van der Waals surface area (Å²) in [4.78, 5) is 34.4. The molecule has 0 spiro atoms. The third-order valence-corrected chi connectivity index (χ3v) is 4.55. The molecule has 1 aromatic carbocycles. The lowest BCUT2D eigenvalue weighted by Crippen LogP contribution is -2.56. The first-order chi connectivity index (χ1) is 10.7. The van der Waals surface area contributed by atoms with Gasteiger partial charge in [-0.3, -0.25) is 14.9 Å². The molecule has 0 atom stereocenters. The lowest BCUT2D eigenvalue weighted by Gasteiger charge is -2.36. The Morgan fingerprint density at radius 3 is 2.43 bits per heavy atom. The van der Waals surface area contributed by atoms with Crippen molar-refractivity contribution in [1.29, 1.82) is 0 Å². The van der Waals surface area contributed by atoms with Crippen LogP contribution in [0, 0.1) is 23.0 Å². The number of nitro benzene ring substituents is 1. The first-order valence-corrected chi connectivity index (χ1v) is 7.56. The van der Waals surface area contributed by atoms with Crippen molar-refractivity contribution >= 4 is 17.6 Å². The topological polar surface area (TPSA) is 110 Å². The number of benzene rings is 1. The fourth-order valence-corrected chi connectivity index (χ4v) is 2.94. The smallest absolute Gasteiger partial charge is 0.329 e. The summed E-state index contributed by atoms with van der Waals surface area (Å²) >= 11 is 0. The van der Waals surface area contributed by atoms with Crippen LogP contribution < -0.4 is 5.32 Å². The number of carbonyl (C=O) groups excluding carboxylic acids is 1. The number of rotatable bonds is 4. The van der Waals surface area contributed by atoms with Crippen LogP contribution in [0.2, 0.25) is 0 Å². The number of carboxylic acids is 1. The highest BCUT2D eigenvalue weighted by Crippen LogP contribution is 2.32. The molecule has 0 unspecified atom stereocenters. The van der Waals surface area contributed by atoms with E-state index < -0.39 is 22.3 Å². The summed E-state index contributed by atoms with van der Waals surface area (Å²) < 4.78 is 0. The number of aryl methyl sites for hydroxylation is 1. The van der Waals surface area contributed by atoms with Crippen LogP contribution in [0.4, 0.5) is 5.69 Å². The van der Waals surface area contributed by atoms with Crippen molar-refractivity contribution in [3.63, 3.8) is 0 Å². The van der Waals surface area contributed by atoms with Crippen molar-refractivity contribution < 1.29 is 19.6 Å². The van der Waals surface area contributed by atoms with E-state index in [1.807, 2.05) is 0 Å². The predicted molar refractivity (Wildman–Crippen MR) is 83.3 cm³/mol. The molecule has 2 N–H and O–H groups in total. The van der Waals surface area contributed by atoms with Gasteiger partial charge >= 0.3 is 5.97 Å². The molecule has 1 fully saturated rings. The number of aliphatic carboxylic acids is 1. The fraction of sp³-hybridized carbons (Fsp3) is 0.500. The second kappa shape index (κ2) is 6.36. The fourth-order valence-electron chi connectivity index (χ4n) is 2.94. The Kier molecular flexibility index (Phi) is 4.68. The number of carboxylic acid groups (broad SMARTS) is 1. The second-order valence-corrected chi connectivity index (χ2v) is 6.28. The molecular formula is C16H20N2O5. The van der Waals surface area contributed by atoms with Crippen LogP contribution in [0.15, 0.2) is 18.2 Å². The van der Waals surface area contributed by atoms with E-state index in [4.69, 9.17) is 0 Å². The zero-order valence-electron chi connectivity index (χ0n) is 13.2. The van der Waals surface area contributed by atoms with Gasteiger partial charge in [-0.15, -0.1) is 0 Å². The molecule has 1 amide bonds. The maximum Gasteiger partial charge on any atom is 0.329 e. The van der Waals surface area contributed by atoms with Crippen molar-refractivity contribution in [2.75, 3.05) is 0 Å². The van der Waals surface area contributed by atoms with Gasteiger partial charge in [0.15, 0.2) is 0 Å². The molecule has 1 aromatic rings. The molecule has 124 valence electrons. The van der Waals surface area contributed by atoms with Gasteiger partial charge in [0.25, 0.3) is 11.6 Å². The molecule has 7 nitrogen and oxygen atoms in total. The van der Waals surface area contributed by atoms with Crippen LogP contribution in [0.3, 0.4) is 0 Å². The molecule has 0 bridgehead atoms. The predicted octanol–water partition coefficient (Wildman–Crippen LogP) is 2.67. The molecule has 1 saturated carbocycles. The standard InChI is InChI=1S/C16H20N2O5/c1-10-5-7-16(8-6-10,15(20)21)17-14(19)12-3-4-13(18(22)23)11(2)9-12/h3-4,9-10H,5-8H2,1-2H3,(H,17,19)(H,20,21). The summed E-state index contributed by atoms with van der Waals surface area (Å²) in [5, 5.41) is 23.0. The van der Waals surface area contributed by atoms with Crippen LogP contribution in [0.1, 0.15) is 48.5 Å². The highest BCUT2D eigenvalue weighted by atomic mass is 16.6. The van der Waals surface area contributed by atoms with Crippen LogP contribution in [0.5, 0.6) is 0 Å². The minimum absolute atomic E-state index is 0.0685. The van der Waals surface area contributed by atoms with Crippen LogP contribution in [0.25, 0.3) is 0 Å². The van der Waals surface area contributed by atoms with Crippen molar-refractivity contribution in [1.82, 2.24) is 5.32 Å². The zero-order chi connectivity index (χ0) is 17.2. The molecular weight excluding hydrogens is 300 g/mol. The summed E-state index contributed by atoms with van der Waals surface area (Å²) in [5.74, 6) is -1.10. The van der Waals surface area contributed by atoms with Crippen molar-refractivity contribution in [2.45, 2.75) is 45.1 Å². The molecule has 0 aliphatic heterocycles. The summed E-state index contributed by atoms with van der Waals surface area (Å²) in [7, 11) is 0. The number of hydrogen-bond acceptors (Lipinski definition) is 4. The molecule has 0 aromatic heterocycles. The SMILES string of the molecule is Cc1cc(C(=O)NC2(C(=O)O)CCC(C)CC2)ccc1[N+](=O)[O-]. The van der Waals surface area contributed by atoms with E-state index in [0.717, 1.165) is 12.8 Å². The minimum atomic E-state index is -1.25. The van der Waals surface area contributed by atoms with Gasteiger partial charge in [-0.2, -0.15) is 0 Å². The van der Waals surface area contributed by atoms with E-state index >= 15 is 0 Å². The lowest BCUT2D eigenvalue weighted by molar-refractivity contribution is -0.385. The number of amides is 1. The lowest BCUT2D eigenvalue weighted by atomic mass is 9.77. The first kappa shape index (κ1) is 16.9. The van der Waals surface area contributed by atoms with Gasteiger partial charge in [-0.1, -0.05) is 6.92 Å². The monoisotopic (exact) mass is 320 g/mol. The number of nitro groups is 1. The third kappa shape index (κ3) is 3.49. The maximum atomic E-state index is 12.4. The van der Waals surface area contributed by atoms with Gasteiger partial charge in [0, 0.05) is 17.2 Å². The van der Waals surface area contributed by atoms with Crippen LogP contribution in [-0.4, -0.2) is 27.4 Å². The normalized spacial score (nSPS) is 24.0. The Morgan fingerprint density at radius 1 is 1.35 bits per heavy atom. The molecule has 23 heavy (non-hydrogen) atoms. The quantitative estimate of drug-likeness (QED) is 0.654. The molecule has 1 aliphatic rings. The third-order valence-electron chi connectivity index (χ3n) is 4.55.